The van der Waals surface area contributed by atoms with Crippen LogP contribution in [-0.2, 0) is 0 Å². The molecule has 4 aliphatic rings. The summed E-state index contributed by atoms with van der Waals surface area (Å²) in [6, 6.07) is 0. The molecular formula is C27H46O2. The van der Waals surface area contributed by atoms with Crippen molar-refractivity contribution in [1.82, 2.24) is 0 Å². The van der Waals surface area contributed by atoms with E-state index in [4.69, 9.17) is 0 Å². The number of rotatable bonds is 5. The Morgan fingerprint density at radius 2 is 1.86 bits per heavy atom. The van der Waals surface area contributed by atoms with Gasteiger partial charge in [0.1, 0.15) is 0 Å². The molecule has 0 amide bonds. The maximum atomic E-state index is 11.6. The fraction of sp³-hybridized carbons (Fsp3) is 0.926. The van der Waals surface area contributed by atoms with Crippen molar-refractivity contribution >= 4 is 0 Å². The van der Waals surface area contributed by atoms with Gasteiger partial charge in [0, 0.05) is 0 Å². The maximum Gasteiger partial charge on any atom is 0.0653 e. The zero-order valence-corrected chi connectivity index (χ0v) is 19.7. The Labute approximate surface area is 179 Å². The first-order valence-electron chi connectivity index (χ1n) is 12.7. The van der Waals surface area contributed by atoms with E-state index in [1.54, 1.807) is 5.57 Å². The Morgan fingerprint density at radius 3 is 2.59 bits per heavy atom. The van der Waals surface area contributed by atoms with Crippen LogP contribution in [0.25, 0.3) is 0 Å². The molecule has 29 heavy (non-hydrogen) atoms. The molecule has 0 aromatic carbocycles. The van der Waals surface area contributed by atoms with Crippen LogP contribution in [0, 0.1) is 40.4 Å². The standard InChI is InChI=1S/C27H46O2/c1-18(2)7-6-14-27(5,29)24-11-10-22-21-9-8-19-17-20(28)12-15-25(19,3)23(21)13-16-26(22,24)4/h8,18,20-24,28-29H,6-7,9-17H2,1-5H3/t20?,21?,22?,23?,24?,25-,26-,27-/m0/s1. The van der Waals surface area contributed by atoms with Crippen LogP contribution in [-0.4, -0.2) is 21.9 Å². The second-order valence-corrected chi connectivity index (χ2v) is 12.5. The summed E-state index contributed by atoms with van der Waals surface area (Å²) >= 11 is 0. The van der Waals surface area contributed by atoms with Crippen molar-refractivity contribution < 1.29 is 10.2 Å². The van der Waals surface area contributed by atoms with E-state index >= 15 is 0 Å². The molecule has 0 aromatic rings. The largest absolute Gasteiger partial charge is 0.393 e. The normalized spacial score (nSPS) is 46.5. The number of hydrogen-bond donors (Lipinski definition) is 2. The van der Waals surface area contributed by atoms with Crippen LogP contribution in [0.2, 0.25) is 0 Å². The predicted molar refractivity (Wildman–Crippen MR) is 121 cm³/mol. The van der Waals surface area contributed by atoms with E-state index in [2.05, 4.69) is 40.7 Å². The molecule has 0 spiro atoms. The van der Waals surface area contributed by atoms with Crippen molar-refractivity contribution in [3.8, 4) is 0 Å². The molecule has 0 heterocycles. The third-order valence-electron chi connectivity index (χ3n) is 10.3. The Balaban J connectivity index is 1.53. The number of aliphatic hydroxyl groups excluding tert-OH is 1. The number of allylic oxidation sites excluding steroid dienone is 1. The van der Waals surface area contributed by atoms with Gasteiger partial charge in [-0.3, -0.25) is 0 Å². The summed E-state index contributed by atoms with van der Waals surface area (Å²) in [6.07, 6.45) is 15.2. The molecule has 8 atom stereocenters. The van der Waals surface area contributed by atoms with Gasteiger partial charge in [0.2, 0.25) is 0 Å². The lowest BCUT2D eigenvalue weighted by Crippen LogP contribution is -2.53. The van der Waals surface area contributed by atoms with Gasteiger partial charge in [-0.2, -0.15) is 0 Å². The first kappa shape index (κ1) is 21.9. The van der Waals surface area contributed by atoms with E-state index in [0.717, 1.165) is 49.4 Å². The SMILES string of the molecule is CC(C)CCC[C@](C)(O)C1CCC2C3CC=C4CC(O)CC[C@]4(C)C3CC[C@@]21C. The summed E-state index contributed by atoms with van der Waals surface area (Å²) in [6.45, 7) is 11.8. The minimum absolute atomic E-state index is 0.114. The van der Waals surface area contributed by atoms with Crippen LogP contribution in [0.1, 0.15) is 105 Å². The van der Waals surface area contributed by atoms with Gasteiger partial charge in [-0.05, 0) is 105 Å². The first-order valence-corrected chi connectivity index (χ1v) is 12.7. The van der Waals surface area contributed by atoms with E-state index in [-0.39, 0.29) is 6.10 Å². The molecule has 5 unspecified atom stereocenters. The molecular weight excluding hydrogens is 356 g/mol. The van der Waals surface area contributed by atoms with E-state index < -0.39 is 5.60 Å². The lowest BCUT2D eigenvalue weighted by atomic mass is 9.46. The smallest absolute Gasteiger partial charge is 0.0653 e. The topological polar surface area (TPSA) is 40.5 Å². The molecule has 2 nitrogen and oxygen atoms in total. The van der Waals surface area contributed by atoms with Crippen molar-refractivity contribution in [2.24, 2.45) is 40.4 Å². The van der Waals surface area contributed by atoms with Crippen molar-refractivity contribution in [1.29, 1.82) is 0 Å². The molecule has 2 heteroatoms. The zero-order chi connectivity index (χ0) is 21.0. The predicted octanol–water partition coefficient (Wildman–Crippen LogP) is 6.50. The summed E-state index contributed by atoms with van der Waals surface area (Å²) in [5.74, 6) is 3.53. The van der Waals surface area contributed by atoms with Crippen molar-refractivity contribution in [3.63, 3.8) is 0 Å². The molecule has 4 rings (SSSR count). The van der Waals surface area contributed by atoms with Crippen molar-refractivity contribution in [2.45, 2.75) is 117 Å². The minimum atomic E-state index is -0.514. The quantitative estimate of drug-likeness (QED) is 0.515. The zero-order valence-electron chi connectivity index (χ0n) is 19.7. The van der Waals surface area contributed by atoms with Crippen molar-refractivity contribution in [3.05, 3.63) is 11.6 Å². The van der Waals surface area contributed by atoms with E-state index in [1.165, 1.54) is 44.9 Å². The Kier molecular flexibility index (Phi) is 5.78. The second-order valence-electron chi connectivity index (χ2n) is 12.5. The third-order valence-corrected chi connectivity index (χ3v) is 10.3. The molecule has 0 aliphatic heterocycles. The molecule has 0 aromatic heterocycles. The molecule has 4 aliphatic carbocycles. The molecule has 166 valence electrons. The number of aliphatic hydroxyl groups is 2. The average molecular weight is 403 g/mol. The summed E-state index contributed by atoms with van der Waals surface area (Å²) < 4.78 is 0. The number of fused-ring (bicyclic) bond motifs is 5. The monoisotopic (exact) mass is 402 g/mol. The Morgan fingerprint density at radius 1 is 1.10 bits per heavy atom. The summed E-state index contributed by atoms with van der Waals surface area (Å²) in [5.41, 5.74) is 1.68. The number of hydrogen-bond acceptors (Lipinski definition) is 2. The van der Waals surface area contributed by atoms with Crippen LogP contribution in [0.5, 0.6) is 0 Å². The van der Waals surface area contributed by atoms with E-state index in [1.807, 2.05) is 0 Å². The molecule has 3 fully saturated rings. The van der Waals surface area contributed by atoms with Gasteiger partial charge >= 0.3 is 0 Å². The highest BCUT2D eigenvalue weighted by Crippen LogP contribution is 2.67. The van der Waals surface area contributed by atoms with Crippen LogP contribution < -0.4 is 0 Å². The first-order chi connectivity index (χ1) is 13.6. The van der Waals surface area contributed by atoms with Gasteiger partial charge in [0.25, 0.3) is 0 Å². The summed E-state index contributed by atoms with van der Waals surface area (Å²) in [5, 5.41) is 21.8. The van der Waals surface area contributed by atoms with E-state index in [9.17, 15) is 10.2 Å². The highest BCUT2D eigenvalue weighted by atomic mass is 16.3. The molecule has 2 N–H and O–H groups in total. The van der Waals surface area contributed by atoms with Gasteiger partial charge < -0.3 is 10.2 Å². The second kappa shape index (κ2) is 7.66. The van der Waals surface area contributed by atoms with Gasteiger partial charge in [-0.15, -0.1) is 0 Å². The fourth-order valence-electron chi connectivity index (χ4n) is 8.71. The highest BCUT2D eigenvalue weighted by Gasteiger charge is 2.61. The minimum Gasteiger partial charge on any atom is -0.393 e. The highest BCUT2D eigenvalue weighted by molar-refractivity contribution is 5.25. The molecule has 3 saturated carbocycles. The summed E-state index contributed by atoms with van der Waals surface area (Å²) in [4.78, 5) is 0. The maximum absolute atomic E-state index is 11.6. The molecule has 0 radical (unpaired) electrons. The lowest BCUT2D eigenvalue weighted by molar-refractivity contribution is -0.105. The van der Waals surface area contributed by atoms with Gasteiger partial charge in [-0.25, -0.2) is 0 Å². The fourth-order valence-corrected chi connectivity index (χ4v) is 8.71. The van der Waals surface area contributed by atoms with Crippen LogP contribution in [0.3, 0.4) is 0 Å². The average Bonchev–Trinajstić information content (AvgIpc) is 3.00. The Hall–Kier alpha value is -0.340. The third kappa shape index (κ3) is 3.65. The van der Waals surface area contributed by atoms with Crippen LogP contribution in [0.15, 0.2) is 11.6 Å². The van der Waals surface area contributed by atoms with Gasteiger partial charge in [0.15, 0.2) is 0 Å². The lowest BCUT2D eigenvalue weighted by Gasteiger charge is -2.59. The van der Waals surface area contributed by atoms with Crippen LogP contribution >= 0.6 is 0 Å². The van der Waals surface area contributed by atoms with Gasteiger partial charge in [0.05, 0.1) is 11.7 Å². The molecule has 0 saturated heterocycles. The van der Waals surface area contributed by atoms with E-state index in [0.29, 0.717) is 16.7 Å². The van der Waals surface area contributed by atoms with Crippen molar-refractivity contribution in [2.75, 3.05) is 0 Å². The van der Waals surface area contributed by atoms with Gasteiger partial charge in [-0.1, -0.05) is 52.2 Å². The molecule has 0 bridgehead atoms. The summed E-state index contributed by atoms with van der Waals surface area (Å²) in [7, 11) is 0. The Bertz CT molecular complexity index is 634. The van der Waals surface area contributed by atoms with Crippen LogP contribution in [0.4, 0.5) is 0 Å².